The van der Waals surface area contributed by atoms with Crippen molar-refractivity contribution in [3.63, 3.8) is 0 Å². The highest BCUT2D eigenvalue weighted by Crippen LogP contribution is 2.37. The van der Waals surface area contributed by atoms with Crippen LogP contribution >= 0.6 is 22.9 Å². The molecule has 1 N–H and O–H groups in total. The first kappa shape index (κ1) is 23.6. The van der Waals surface area contributed by atoms with Crippen molar-refractivity contribution in [1.82, 2.24) is 4.90 Å². The molecule has 3 rings (SSSR count). The first-order valence-corrected chi connectivity index (χ1v) is 12.6. The lowest BCUT2D eigenvalue weighted by atomic mass is 10.0. The van der Waals surface area contributed by atoms with Crippen LogP contribution < -0.4 is 4.72 Å². The second-order valence-electron chi connectivity index (χ2n) is 7.55. The average Bonchev–Trinajstić information content (AvgIpc) is 3.14. The smallest absolute Gasteiger partial charge is 0.340 e. The Bertz CT molecular complexity index is 1080. The quantitative estimate of drug-likeness (QED) is 0.591. The number of carbonyl (C=O) groups is 2. The molecule has 1 aliphatic heterocycles. The SMILES string of the molecule is CCC(C)CC(=O)N1CCc2c(sc(S(=O)(=O)Nc3ccc(Cl)cc3)c2C(=O)OC)C1. The summed E-state index contributed by atoms with van der Waals surface area (Å²) < 4.78 is 33.5. The van der Waals surface area contributed by atoms with Crippen LogP contribution in [0.5, 0.6) is 0 Å². The largest absolute Gasteiger partial charge is 0.465 e. The molecule has 0 aliphatic carbocycles. The van der Waals surface area contributed by atoms with E-state index in [-0.39, 0.29) is 28.1 Å². The highest BCUT2D eigenvalue weighted by Gasteiger charge is 2.35. The van der Waals surface area contributed by atoms with Gasteiger partial charge < -0.3 is 9.64 Å². The van der Waals surface area contributed by atoms with Gasteiger partial charge in [-0.15, -0.1) is 11.3 Å². The Hall–Kier alpha value is -2.10. The molecule has 10 heteroatoms. The molecule has 2 aromatic rings. The molecule has 0 saturated heterocycles. The summed E-state index contributed by atoms with van der Waals surface area (Å²) in [5.74, 6) is -0.382. The van der Waals surface area contributed by atoms with E-state index in [2.05, 4.69) is 4.72 Å². The lowest BCUT2D eigenvalue weighted by Gasteiger charge is -2.28. The molecular weight excluding hydrogens is 460 g/mol. The van der Waals surface area contributed by atoms with E-state index in [1.807, 2.05) is 13.8 Å². The standard InChI is InChI=1S/C21H25ClN2O5S2/c1-4-13(2)11-18(25)24-10-9-16-17(12-24)30-21(19(16)20(26)29-3)31(27,28)23-15-7-5-14(22)6-8-15/h5-8,13,23H,4,9-12H2,1-3H3. The number of nitrogens with one attached hydrogen (secondary N) is 1. The van der Waals surface area contributed by atoms with E-state index in [9.17, 15) is 18.0 Å². The van der Waals surface area contributed by atoms with Gasteiger partial charge in [0.25, 0.3) is 10.0 Å². The van der Waals surface area contributed by atoms with Crippen LogP contribution in [0.25, 0.3) is 0 Å². The van der Waals surface area contributed by atoms with Crippen molar-refractivity contribution in [2.75, 3.05) is 18.4 Å². The minimum atomic E-state index is -4.05. The summed E-state index contributed by atoms with van der Waals surface area (Å²) in [4.78, 5) is 27.6. The van der Waals surface area contributed by atoms with Gasteiger partial charge in [0, 0.05) is 28.6 Å². The third-order valence-corrected chi connectivity index (χ3v) is 8.70. The number of nitrogens with zero attached hydrogens (tertiary/aromatic N) is 1. The molecule has 1 atom stereocenters. The summed E-state index contributed by atoms with van der Waals surface area (Å²) in [6.45, 7) is 4.79. The van der Waals surface area contributed by atoms with Crippen molar-refractivity contribution in [2.45, 2.75) is 43.9 Å². The number of carbonyl (C=O) groups excluding carboxylic acids is 2. The molecule has 0 bridgehead atoms. The molecule has 1 aliphatic rings. The van der Waals surface area contributed by atoms with Gasteiger partial charge in [0.2, 0.25) is 5.91 Å². The molecule has 1 unspecified atom stereocenters. The monoisotopic (exact) mass is 484 g/mol. The van der Waals surface area contributed by atoms with Gasteiger partial charge in [-0.05, 0) is 42.2 Å². The zero-order valence-corrected chi connectivity index (χ0v) is 20.0. The minimum absolute atomic E-state index is 0.0386. The van der Waals surface area contributed by atoms with Crippen molar-refractivity contribution in [3.8, 4) is 0 Å². The van der Waals surface area contributed by atoms with E-state index < -0.39 is 16.0 Å². The molecule has 0 radical (unpaired) electrons. The molecule has 168 valence electrons. The topological polar surface area (TPSA) is 92.8 Å². The van der Waals surface area contributed by atoms with Crippen molar-refractivity contribution < 1.29 is 22.7 Å². The number of amides is 1. The molecule has 0 fully saturated rings. The van der Waals surface area contributed by atoms with E-state index >= 15 is 0 Å². The lowest BCUT2D eigenvalue weighted by molar-refractivity contribution is -0.133. The van der Waals surface area contributed by atoms with Crippen LogP contribution in [-0.2, 0) is 32.5 Å². The first-order chi connectivity index (χ1) is 14.7. The fourth-order valence-electron chi connectivity index (χ4n) is 3.38. The Kier molecular flexibility index (Phi) is 7.28. The summed E-state index contributed by atoms with van der Waals surface area (Å²) in [5, 5.41) is 0.479. The average molecular weight is 485 g/mol. The molecule has 0 saturated carbocycles. The molecule has 31 heavy (non-hydrogen) atoms. The zero-order valence-electron chi connectivity index (χ0n) is 17.6. The number of hydrogen-bond acceptors (Lipinski definition) is 6. The highest BCUT2D eigenvalue weighted by molar-refractivity contribution is 7.94. The fraction of sp³-hybridized carbons (Fsp3) is 0.429. The predicted octanol–water partition coefficient (Wildman–Crippen LogP) is 4.31. The molecule has 1 amide bonds. The van der Waals surface area contributed by atoms with E-state index in [4.69, 9.17) is 16.3 Å². The Labute approximate surface area is 191 Å². The van der Waals surface area contributed by atoms with Crippen molar-refractivity contribution in [2.24, 2.45) is 5.92 Å². The van der Waals surface area contributed by atoms with Crippen LogP contribution in [-0.4, -0.2) is 38.8 Å². The number of hydrogen-bond donors (Lipinski definition) is 1. The fourth-order valence-corrected chi connectivity index (χ4v) is 6.47. The molecule has 7 nitrogen and oxygen atoms in total. The maximum atomic E-state index is 13.1. The predicted molar refractivity (Wildman–Crippen MR) is 121 cm³/mol. The summed E-state index contributed by atoms with van der Waals surface area (Å²) in [6.07, 6.45) is 1.76. The second kappa shape index (κ2) is 9.58. The Balaban J connectivity index is 1.94. The third kappa shape index (κ3) is 5.22. The van der Waals surface area contributed by atoms with E-state index in [0.29, 0.717) is 40.5 Å². The van der Waals surface area contributed by atoms with Gasteiger partial charge >= 0.3 is 5.97 Å². The minimum Gasteiger partial charge on any atom is -0.465 e. The number of methoxy groups -OCH3 is 1. The van der Waals surface area contributed by atoms with Gasteiger partial charge in [0.15, 0.2) is 4.21 Å². The number of benzene rings is 1. The number of ether oxygens (including phenoxy) is 1. The van der Waals surface area contributed by atoms with Gasteiger partial charge in [-0.2, -0.15) is 0 Å². The van der Waals surface area contributed by atoms with E-state index in [0.717, 1.165) is 17.8 Å². The number of esters is 1. The van der Waals surface area contributed by atoms with Crippen molar-refractivity contribution in [3.05, 3.63) is 45.3 Å². The number of anilines is 1. The Morgan fingerprint density at radius 1 is 1.29 bits per heavy atom. The van der Waals surface area contributed by atoms with Crippen LogP contribution in [0.4, 0.5) is 5.69 Å². The summed E-state index contributed by atoms with van der Waals surface area (Å²) >= 11 is 6.87. The molecule has 0 spiro atoms. The van der Waals surface area contributed by atoms with Gasteiger partial charge in [-0.3, -0.25) is 9.52 Å². The van der Waals surface area contributed by atoms with Crippen molar-refractivity contribution >= 4 is 50.5 Å². The Morgan fingerprint density at radius 2 is 1.97 bits per heavy atom. The highest BCUT2D eigenvalue weighted by atomic mass is 35.5. The van der Waals surface area contributed by atoms with Crippen LogP contribution in [0.2, 0.25) is 5.02 Å². The molecule has 1 aromatic carbocycles. The number of sulfonamides is 1. The number of fused-ring (bicyclic) bond motifs is 1. The van der Waals surface area contributed by atoms with Crippen LogP contribution in [0.3, 0.4) is 0 Å². The van der Waals surface area contributed by atoms with Crippen LogP contribution in [0.15, 0.2) is 28.5 Å². The van der Waals surface area contributed by atoms with E-state index in [1.165, 1.54) is 7.11 Å². The third-order valence-electron chi connectivity index (χ3n) is 5.33. The summed E-state index contributed by atoms with van der Waals surface area (Å²) in [6, 6.07) is 6.22. The van der Waals surface area contributed by atoms with Gasteiger partial charge in [-0.25, -0.2) is 13.2 Å². The molecular formula is C21H25ClN2O5S2. The number of halogens is 1. The normalized spacial score (nSPS) is 14.6. The summed E-state index contributed by atoms with van der Waals surface area (Å²) in [5.41, 5.74) is 1.02. The maximum absolute atomic E-state index is 13.1. The molecule has 1 aromatic heterocycles. The van der Waals surface area contributed by atoms with Gasteiger partial charge in [0.1, 0.15) is 0 Å². The number of thiophene rings is 1. The van der Waals surface area contributed by atoms with Crippen LogP contribution in [0.1, 0.15) is 47.5 Å². The number of rotatable bonds is 7. The second-order valence-corrected chi connectivity index (χ2v) is 11.0. The van der Waals surface area contributed by atoms with Gasteiger partial charge in [0.05, 0.1) is 19.2 Å². The lowest BCUT2D eigenvalue weighted by Crippen LogP contribution is -2.36. The van der Waals surface area contributed by atoms with E-state index in [1.54, 1.807) is 29.2 Å². The Morgan fingerprint density at radius 3 is 2.58 bits per heavy atom. The van der Waals surface area contributed by atoms with Crippen LogP contribution in [0, 0.1) is 5.92 Å². The molecule has 2 heterocycles. The maximum Gasteiger partial charge on any atom is 0.340 e. The zero-order chi connectivity index (χ0) is 22.8. The first-order valence-electron chi connectivity index (χ1n) is 9.95. The summed E-state index contributed by atoms with van der Waals surface area (Å²) in [7, 11) is -2.82. The van der Waals surface area contributed by atoms with Gasteiger partial charge in [-0.1, -0.05) is 31.9 Å². The van der Waals surface area contributed by atoms with Crippen molar-refractivity contribution in [1.29, 1.82) is 0 Å².